The molecule has 0 N–H and O–H groups in total. The van der Waals surface area contributed by atoms with Crippen LogP contribution in [0.4, 0.5) is 0 Å². The molecule has 4 aromatic rings. The second-order valence-corrected chi connectivity index (χ2v) is 9.94. The van der Waals surface area contributed by atoms with Crippen molar-refractivity contribution >= 4 is 10.8 Å². The lowest BCUT2D eigenvalue weighted by Crippen LogP contribution is -2.44. The second-order valence-electron chi connectivity index (χ2n) is 9.94. The van der Waals surface area contributed by atoms with Crippen molar-refractivity contribution in [3.63, 3.8) is 0 Å². The molecule has 0 amide bonds. The molecule has 1 heterocycles. The summed E-state index contributed by atoms with van der Waals surface area (Å²) in [4.78, 5) is 2.80. The zero-order valence-electron chi connectivity index (χ0n) is 18.8. The van der Waals surface area contributed by atoms with Crippen molar-refractivity contribution in [2.45, 2.75) is 50.9 Å². The Morgan fingerprint density at radius 1 is 0.750 bits per heavy atom. The fourth-order valence-electron chi connectivity index (χ4n) is 6.05. The van der Waals surface area contributed by atoms with Gasteiger partial charge in [0.25, 0.3) is 0 Å². The summed E-state index contributed by atoms with van der Waals surface area (Å²) in [5.74, 6) is 1.84. The maximum Gasteiger partial charge on any atom is 0.0489 e. The summed E-state index contributed by atoms with van der Waals surface area (Å²) >= 11 is 0. The maximum absolute atomic E-state index is 2.80. The van der Waals surface area contributed by atoms with E-state index in [1.165, 1.54) is 41.2 Å². The number of hydrogen-bond acceptors (Lipinski definition) is 1. The fourth-order valence-corrected chi connectivity index (χ4v) is 6.05. The van der Waals surface area contributed by atoms with Crippen molar-refractivity contribution in [1.82, 2.24) is 9.47 Å². The van der Waals surface area contributed by atoms with Crippen LogP contribution in [0.1, 0.15) is 49.4 Å². The quantitative estimate of drug-likeness (QED) is 0.319. The van der Waals surface area contributed by atoms with E-state index in [4.69, 9.17) is 0 Å². The largest absolute Gasteiger partial charge is 0.348 e. The van der Waals surface area contributed by atoms with Gasteiger partial charge in [-0.2, -0.15) is 0 Å². The minimum atomic E-state index is 0.379. The number of fused-ring (bicyclic) bond motifs is 2. The first-order chi connectivity index (χ1) is 15.8. The molecule has 0 bridgehead atoms. The first-order valence-electron chi connectivity index (χ1n) is 12.2. The van der Waals surface area contributed by atoms with Crippen LogP contribution in [-0.2, 0) is 6.54 Å². The molecule has 0 saturated heterocycles. The summed E-state index contributed by atoms with van der Waals surface area (Å²) in [6, 6.07) is 32.4. The number of aromatic nitrogens is 1. The van der Waals surface area contributed by atoms with Crippen LogP contribution in [0.15, 0.2) is 97.3 Å². The summed E-state index contributed by atoms with van der Waals surface area (Å²) in [5, 5.41) is 2.71. The van der Waals surface area contributed by atoms with Gasteiger partial charge >= 0.3 is 0 Å². The van der Waals surface area contributed by atoms with Crippen molar-refractivity contribution in [3.8, 4) is 0 Å². The molecule has 2 unspecified atom stereocenters. The van der Waals surface area contributed by atoms with Gasteiger partial charge in [-0.15, -0.1) is 0 Å². The number of hydrogen-bond donors (Lipinski definition) is 0. The highest BCUT2D eigenvalue weighted by molar-refractivity contribution is 5.82. The molecule has 2 heteroatoms. The van der Waals surface area contributed by atoms with Gasteiger partial charge in [0.1, 0.15) is 0 Å². The van der Waals surface area contributed by atoms with Crippen LogP contribution in [0.25, 0.3) is 10.8 Å². The van der Waals surface area contributed by atoms with Crippen LogP contribution < -0.4 is 0 Å². The van der Waals surface area contributed by atoms with Gasteiger partial charge in [0, 0.05) is 37.1 Å². The average Bonchev–Trinajstić information content (AvgIpc) is 3.48. The minimum absolute atomic E-state index is 0.379. The third-order valence-corrected chi connectivity index (χ3v) is 7.97. The van der Waals surface area contributed by atoms with E-state index in [9.17, 15) is 0 Å². The second kappa shape index (κ2) is 8.26. The topological polar surface area (TPSA) is 8.17 Å². The highest BCUT2D eigenvalue weighted by Crippen LogP contribution is 2.55. The smallest absolute Gasteiger partial charge is 0.0489 e. The van der Waals surface area contributed by atoms with Gasteiger partial charge in [0.05, 0.1) is 0 Å². The first kappa shape index (κ1) is 19.8. The Hall–Kier alpha value is -2.84. The summed E-state index contributed by atoms with van der Waals surface area (Å²) in [6.07, 6.45) is 8.83. The SMILES string of the molecule is C[C@H](c1ccccc1)N(Cc1ccccc1)[C@H]1CC2CC2C[C@H]1n1cc2ccccc2c1. The molecule has 0 aliphatic heterocycles. The van der Waals surface area contributed by atoms with E-state index >= 15 is 0 Å². The predicted molar refractivity (Wildman–Crippen MR) is 132 cm³/mol. The van der Waals surface area contributed by atoms with Crippen LogP contribution in [0.3, 0.4) is 0 Å². The summed E-state index contributed by atoms with van der Waals surface area (Å²) in [6.45, 7) is 3.40. The number of nitrogens with zero attached hydrogens (tertiary/aromatic N) is 2. The molecule has 2 fully saturated rings. The van der Waals surface area contributed by atoms with Crippen LogP contribution in [-0.4, -0.2) is 15.5 Å². The van der Waals surface area contributed by atoms with Gasteiger partial charge in [-0.1, -0.05) is 84.9 Å². The monoisotopic (exact) mass is 420 g/mol. The lowest BCUT2D eigenvalue weighted by Gasteiger charge is -2.44. The molecule has 2 aliphatic rings. The lowest BCUT2D eigenvalue weighted by atomic mass is 9.87. The van der Waals surface area contributed by atoms with Crippen molar-refractivity contribution in [2.75, 3.05) is 0 Å². The molecule has 2 nitrogen and oxygen atoms in total. The van der Waals surface area contributed by atoms with Gasteiger partial charge < -0.3 is 4.57 Å². The van der Waals surface area contributed by atoms with Crippen molar-refractivity contribution in [2.24, 2.45) is 11.8 Å². The predicted octanol–water partition coefficient (Wildman–Crippen LogP) is 7.24. The average molecular weight is 421 g/mol. The third kappa shape index (κ3) is 3.78. The van der Waals surface area contributed by atoms with E-state index < -0.39 is 0 Å². The van der Waals surface area contributed by atoms with Gasteiger partial charge in [-0.25, -0.2) is 0 Å². The first-order valence-corrected chi connectivity index (χ1v) is 12.2. The Bertz CT molecular complexity index is 1150. The zero-order chi connectivity index (χ0) is 21.5. The standard InChI is InChI=1S/C30H32N2/c1-22(24-12-6-3-7-13-24)32(19-23-10-4-2-5-11-23)30-18-28-16-27(28)17-29(30)31-20-25-14-8-9-15-26(25)21-31/h2-15,20-22,27-30H,16-19H2,1H3/t22-,27?,28?,29-,30+/m1/s1. The summed E-state index contributed by atoms with van der Waals surface area (Å²) < 4.78 is 2.56. The van der Waals surface area contributed by atoms with Crippen molar-refractivity contribution in [3.05, 3.63) is 108 Å². The molecule has 3 aromatic carbocycles. The Morgan fingerprint density at radius 3 is 2.03 bits per heavy atom. The Morgan fingerprint density at radius 2 is 1.34 bits per heavy atom. The van der Waals surface area contributed by atoms with E-state index in [1.807, 2.05) is 0 Å². The highest BCUT2D eigenvalue weighted by atomic mass is 15.2. The lowest BCUT2D eigenvalue weighted by molar-refractivity contribution is 0.0619. The molecular weight excluding hydrogens is 388 g/mol. The fraction of sp³-hybridized carbons (Fsp3) is 0.333. The third-order valence-electron chi connectivity index (χ3n) is 7.97. The van der Waals surface area contributed by atoms with Crippen molar-refractivity contribution in [1.29, 1.82) is 0 Å². The van der Waals surface area contributed by atoms with Crippen LogP contribution in [0.2, 0.25) is 0 Å². The molecule has 0 radical (unpaired) electrons. The zero-order valence-corrected chi connectivity index (χ0v) is 18.8. The van der Waals surface area contributed by atoms with Gasteiger partial charge in [-0.3, -0.25) is 4.90 Å². The summed E-state index contributed by atoms with van der Waals surface area (Å²) in [5.41, 5.74) is 2.82. The van der Waals surface area contributed by atoms with E-state index in [2.05, 4.69) is 114 Å². The molecule has 2 aliphatic carbocycles. The molecule has 162 valence electrons. The Labute approximate surface area is 191 Å². The Balaban J connectivity index is 1.39. The van der Waals surface area contributed by atoms with E-state index in [0.29, 0.717) is 18.1 Å². The number of rotatable bonds is 6. The minimum Gasteiger partial charge on any atom is -0.348 e. The molecule has 6 rings (SSSR count). The molecular formula is C30H32N2. The Kier molecular flexibility index (Phi) is 5.11. The van der Waals surface area contributed by atoms with E-state index in [-0.39, 0.29) is 0 Å². The molecule has 32 heavy (non-hydrogen) atoms. The van der Waals surface area contributed by atoms with E-state index in [0.717, 1.165) is 18.4 Å². The molecule has 2 saturated carbocycles. The molecule has 1 aromatic heterocycles. The van der Waals surface area contributed by atoms with Crippen LogP contribution in [0.5, 0.6) is 0 Å². The van der Waals surface area contributed by atoms with E-state index in [1.54, 1.807) is 0 Å². The summed E-state index contributed by atoms with van der Waals surface area (Å²) in [7, 11) is 0. The highest BCUT2D eigenvalue weighted by Gasteiger charge is 2.49. The van der Waals surface area contributed by atoms with Crippen molar-refractivity contribution < 1.29 is 0 Å². The van der Waals surface area contributed by atoms with Gasteiger partial charge in [0.15, 0.2) is 0 Å². The molecule has 0 spiro atoms. The number of benzene rings is 3. The normalized spacial score (nSPS) is 25.6. The molecule has 5 atom stereocenters. The van der Waals surface area contributed by atoms with Gasteiger partial charge in [-0.05, 0) is 59.9 Å². The van der Waals surface area contributed by atoms with Crippen LogP contribution >= 0.6 is 0 Å². The maximum atomic E-state index is 2.80. The van der Waals surface area contributed by atoms with Crippen LogP contribution in [0, 0.1) is 11.8 Å². The van der Waals surface area contributed by atoms with Gasteiger partial charge in [0.2, 0.25) is 0 Å².